The second kappa shape index (κ2) is 9.65. The fourth-order valence-electron chi connectivity index (χ4n) is 4.53. The number of carboxylic acids is 1. The van der Waals surface area contributed by atoms with Gasteiger partial charge in [0.05, 0.1) is 6.42 Å². The Morgan fingerprint density at radius 1 is 1.14 bits per heavy atom. The molecule has 1 unspecified atom stereocenters. The maximum Gasteiger partial charge on any atom is 0.327 e. The average Bonchev–Trinajstić information content (AvgIpc) is 3.09. The van der Waals surface area contributed by atoms with Crippen LogP contribution in [0.5, 0.6) is 0 Å². The number of nitrogens with zero attached hydrogens (tertiary/aromatic N) is 1. The van der Waals surface area contributed by atoms with Gasteiger partial charge in [0.1, 0.15) is 29.3 Å². The number of rotatable bonds is 8. The molecular weight excluding hydrogens is 482 g/mol. The number of nitrogens with two attached hydrogens (primary N) is 1. The minimum atomic E-state index is -1.08. The fraction of sp³-hybridized carbons (Fsp3) is 0.320. The van der Waals surface area contributed by atoms with Crippen molar-refractivity contribution in [1.29, 1.82) is 5.41 Å². The summed E-state index contributed by atoms with van der Waals surface area (Å²) in [6.45, 7) is 3.52. The highest BCUT2D eigenvalue weighted by Gasteiger charge is 2.64. The average molecular weight is 510 g/mol. The number of benzene rings is 2. The van der Waals surface area contributed by atoms with E-state index in [4.69, 9.17) is 11.1 Å². The normalized spacial score (nSPS) is 22.7. The Hall–Kier alpha value is -3.86. The topological polar surface area (TPSA) is 166 Å². The third-order valence-electron chi connectivity index (χ3n) is 6.30. The maximum absolute atomic E-state index is 13.3. The highest BCUT2D eigenvalue weighted by Crippen LogP contribution is 2.50. The number of carboxylic acid groups (broad SMARTS) is 1. The van der Waals surface area contributed by atoms with Crippen molar-refractivity contribution < 1.29 is 24.3 Å². The number of fused-ring (bicyclic) bond motifs is 1. The van der Waals surface area contributed by atoms with Crippen molar-refractivity contribution in [2.75, 3.05) is 0 Å². The minimum Gasteiger partial charge on any atom is -0.480 e. The maximum atomic E-state index is 13.3. The first-order valence-corrected chi connectivity index (χ1v) is 12.2. The number of hydrogen-bond acceptors (Lipinski definition) is 6. The van der Waals surface area contributed by atoms with Crippen LogP contribution >= 0.6 is 11.8 Å². The number of thioether (sulfide) groups is 1. The van der Waals surface area contributed by atoms with Gasteiger partial charge in [0.2, 0.25) is 17.7 Å². The molecule has 2 fully saturated rings. The molecule has 6 N–H and O–H groups in total. The molecule has 2 heterocycles. The van der Waals surface area contributed by atoms with Crippen molar-refractivity contribution in [1.82, 2.24) is 15.5 Å². The zero-order valence-electron chi connectivity index (χ0n) is 19.7. The van der Waals surface area contributed by atoms with E-state index in [0.29, 0.717) is 16.7 Å². The number of β-lactam (4-membered cyclic amide) rings is 1. The molecule has 2 saturated heterocycles. The van der Waals surface area contributed by atoms with E-state index in [1.165, 1.54) is 16.7 Å². The van der Waals surface area contributed by atoms with Crippen LogP contribution in [-0.4, -0.2) is 61.7 Å². The van der Waals surface area contributed by atoms with Crippen LogP contribution in [0.4, 0.5) is 0 Å². The standard InChI is InChI=1S/C25H27N5O5S/c1-25(2)19(24(34)35)30-22(33)18(23(30)36-25)29-21(32)17(14-6-4-3-5-7-14)28-16(31)12-13-8-10-15(11-9-13)20(26)27/h3-11,17-19,23H,12H2,1-2H3,(H3,26,27)(H,28,31)(H,29,32)(H,34,35)/t17?,18-,19+,23-/m1/s1. The van der Waals surface area contributed by atoms with Crippen LogP contribution in [0.3, 0.4) is 0 Å². The number of amidine groups is 1. The highest BCUT2D eigenvalue weighted by atomic mass is 32.2. The number of carbonyl (C=O) groups excluding carboxylic acids is 3. The quantitative estimate of drug-likeness (QED) is 0.201. The first-order chi connectivity index (χ1) is 17.0. The predicted octanol–water partition coefficient (Wildman–Crippen LogP) is 1.00. The van der Waals surface area contributed by atoms with E-state index >= 15 is 0 Å². The summed E-state index contributed by atoms with van der Waals surface area (Å²) in [5.41, 5.74) is 7.23. The molecule has 4 atom stereocenters. The van der Waals surface area contributed by atoms with Gasteiger partial charge < -0.3 is 26.4 Å². The van der Waals surface area contributed by atoms with Crippen molar-refractivity contribution in [2.24, 2.45) is 5.73 Å². The Labute approximate surface area is 212 Å². The molecule has 3 amide bonds. The molecule has 188 valence electrons. The summed E-state index contributed by atoms with van der Waals surface area (Å²) >= 11 is 1.33. The molecule has 4 rings (SSSR count). The SMILES string of the molecule is CC1(C)S[C@@H]2[C@H](NC(=O)C(NC(=O)Cc3ccc(C(=N)N)cc3)c3ccccc3)C(=O)N2[C@H]1C(=O)O. The third-order valence-corrected chi connectivity index (χ3v) is 7.87. The van der Waals surface area contributed by atoms with E-state index in [-0.39, 0.29) is 12.3 Å². The molecule has 0 radical (unpaired) electrons. The van der Waals surface area contributed by atoms with E-state index in [0.717, 1.165) is 0 Å². The summed E-state index contributed by atoms with van der Waals surface area (Å²) in [4.78, 5) is 52.0. The molecule has 36 heavy (non-hydrogen) atoms. The predicted molar refractivity (Wildman–Crippen MR) is 134 cm³/mol. The Morgan fingerprint density at radius 3 is 2.36 bits per heavy atom. The molecule has 10 nitrogen and oxygen atoms in total. The summed E-state index contributed by atoms with van der Waals surface area (Å²) in [5.74, 6) is -2.58. The van der Waals surface area contributed by atoms with Gasteiger partial charge in [0.25, 0.3) is 0 Å². The second-order valence-electron chi connectivity index (χ2n) is 9.28. The second-order valence-corrected chi connectivity index (χ2v) is 11.1. The van der Waals surface area contributed by atoms with Crippen molar-refractivity contribution in [3.05, 3.63) is 71.3 Å². The van der Waals surface area contributed by atoms with Gasteiger partial charge in [-0.25, -0.2) is 4.79 Å². The molecule has 2 aromatic carbocycles. The van der Waals surface area contributed by atoms with E-state index in [2.05, 4.69) is 10.6 Å². The summed E-state index contributed by atoms with van der Waals surface area (Å²) in [6.07, 6.45) is -0.00209. The molecule has 2 aliphatic heterocycles. The Bertz CT molecular complexity index is 1220. The number of amides is 3. The summed E-state index contributed by atoms with van der Waals surface area (Å²) in [7, 11) is 0. The number of nitrogen functional groups attached to an aromatic ring is 1. The molecule has 2 aromatic rings. The highest BCUT2D eigenvalue weighted by molar-refractivity contribution is 8.01. The molecule has 0 bridgehead atoms. The Kier molecular flexibility index (Phi) is 6.77. The first-order valence-electron chi connectivity index (χ1n) is 11.3. The van der Waals surface area contributed by atoms with Crippen LogP contribution in [0.1, 0.15) is 36.6 Å². The van der Waals surface area contributed by atoms with Crippen LogP contribution < -0.4 is 16.4 Å². The van der Waals surface area contributed by atoms with Crippen LogP contribution in [0.2, 0.25) is 0 Å². The fourth-order valence-corrected chi connectivity index (χ4v) is 6.15. The molecule has 11 heteroatoms. The van der Waals surface area contributed by atoms with Crippen LogP contribution in [-0.2, 0) is 25.6 Å². The Morgan fingerprint density at radius 2 is 1.78 bits per heavy atom. The van der Waals surface area contributed by atoms with Gasteiger partial charge >= 0.3 is 5.97 Å². The zero-order valence-corrected chi connectivity index (χ0v) is 20.5. The van der Waals surface area contributed by atoms with Crippen molar-refractivity contribution in [2.45, 2.75) is 48.5 Å². The van der Waals surface area contributed by atoms with E-state index in [9.17, 15) is 24.3 Å². The van der Waals surface area contributed by atoms with Gasteiger partial charge in [0.15, 0.2) is 0 Å². The molecule has 0 aliphatic carbocycles. The van der Waals surface area contributed by atoms with Crippen molar-refractivity contribution >= 4 is 41.3 Å². The lowest BCUT2D eigenvalue weighted by molar-refractivity contribution is -0.161. The largest absolute Gasteiger partial charge is 0.480 e. The smallest absolute Gasteiger partial charge is 0.327 e. The number of nitrogens with one attached hydrogen (secondary N) is 3. The molecule has 0 spiro atoms. The summed E-state index contributed by atoms with van der Waals surface area (Å²) < 4.78 is -0.712. The van der Waals surface area contributed by atoms with E-state index in [1.54, 1.807) is 68.4 Å². The monoisotopic (exact) mass is 509 g/mol. The lowest BCUT2D eigenvalue weighted by Gasteiger charge is -2.44. The van der Waals surface area contributed by atoms with Gasteiger partial charge in [-0.2, -0.15) is 0 Å². The van der Waals surface area contributed by atoms with Crippen LogP contribution in [0.25, 0.3) is 0 Å². The van der Waals surface area contributed by atoms with Gasteiger partial charge in [-0.15, -0.1) is 11.8 Å². The molecule has 0 saturated carbocycles. The lowest BCUT2D eigenvalue weighted by atomic mass is 9.95. The van der Waals surface area contributed by atoms with Crippen molar-refractivity contribution in [3.63, 3.8) is 0 Å². The summed E-state index contributed by atoms with van der Waals surface area (Å²) in [5, 5.41) is 22.0. The molecule has 2 aliphatic rings. The van der Waals surface area contributed by atoms with E-state index < -0.39 is 51.9 Å². The lowest BCUT2D eigenvalue weighted by Crippen LogP contribution is -2.71. The number of hydrogen-bond donors (Lipinski definition) is 5. The van der Waals surface area contributed by atoms with Gasteiger partial charge in [0, 0.05) is 10.3 Å². The minimum absolute atomic E-state index is 0.00209. The van der Waals surface area contributed by atoms with Crippen LogP contribution in [0.15, 0.2) is 54.6 Å². The van der Waals surface area contributed by atoms with Gasteiger partial charge in [-0.05, 0) is 25.0 Å². The van der Waals surface area contributed by atoms with Crippen molar-refractivity contribution in [3.8, 4) is 0 Å². The Balaban J connectivity index is 1.47. The third kappa shape index (κ3) is 4.78. The zero-order chi connectivity index (χ0) is 26.2. The summed E-state index contributed by atoms with van der Waals surface area (Å²) in [6, 6.07) is 12.4. The van der Waals surface area contributed by atoms with Crippen LogP contribution in [0, 0.1) is 5.41 Å². The van der Waals surface area contributed by atoms with Gasteiger partial charge in [-0.1, -0.05) is 54.6 Å². The number of carbonyl (C=O) groups is 4. The molecular formula is C25H27N5O5S. The molecule has 0 aromatic heterocycles. The first kappa shape index (κ1) is 25.2. The number of aliphatic carboxylic acids is 1. The van der Waals surface area contributed by atoms with E-state index in [1.807, 2.05) is 0 Å². The van der Waals surface area contributed by atoms with Gasteiger partial charge in [-0.3, -0.25) is 19.8 Å².